The molecule has 0 spiro atoms. The third-order valence-corrected chi connectivity index (χ3v) is 8.53. The Balaban J connectivity index is 1.38. The molecule has 222 valence electrons. The number of benzene rings is 2. The molecule has 0 bridgehead atoms. The van der Waals surface area contributed by atoms with E-state index in [0.29, 0.717) is 16.9 Å². The molecule has 0 saturated carbocycles. The summed E-state index contributed by atoms with van der Waals surface area (Å²) >= 11 is 0. The molecule has 9 heteroatoms. The van der Waals surface area contributed by atoms with E-state index < -0.39 is 6.09 Å². The number of carboxylic acid groups (broad SMARTS) is 1. The summed E-state index contributed by atoms with van der Waals surface area (Å²) in [6, 6.07) is 13.5. The highest BCUT2D eigenvalue weighted by Gasteiger charge is 2.27. The van der Waals surface area contributed by atoms with Crippen molar-refractivity contribution in [2.24, 2.45) is 0 Å². The zero-order chi connectivity index (χ0) is 30.1. The molecule has 1 amide bonds. The lowest BCUT2D eigenvalue weighted by Gasteiger charge is -2.32. The van der Waals surface area contributed by atoms with Crippen LogP contribution in [0.2, 0.25) is 0 Å². The Bertz CT molecular complexity index is 1780. The minimum Gasteiger partial charge on any atom is -0.497 e. The minimum atomic E-state index is -1.15. The lowest BCUT2D eigenvalue weighted by atomic mass is 9.97. The normalized spacial score (nSPS) is 17.2. The van der Waals surface area contributed by atoms with Crippen molar-refractivity contribution in [1.82, 2.24) is 19.3 Å². The minimum absolute atomic E-state index is 0.0653. The number of hydrogen-bond donors (Lipinski definition) is 1. The smallest absolute Gasteiger partial charge is 0.412 e. The molecular formula is C34H36N4O5. The molecule has 43 heavy (non-hydrogen) atoms. The second kappa shape index (κ2) is 11.9. The first kappa shape index (κ1) is 28.5. The highest BCUT2D eigenvalue weighted by atomic mass is 16.5. The van der Waals surface area contributed by atoms with E-state index in [2.05, 4.69) is 34.4 Å². The molecule has 0 atom stereocenters. The SMILES string of the molecule is COc1ccc2c(c1)c(/C=C1\C(=O)C=CC=C1N(Cc1ccc3ccoc3c1)C(=O)O)c(C)n2CCN1CCN(C)CC1. The van der Waals surface area contributed by atoms with Gasteiger partial charge in [-0.25, -0.2) is 4.79 Å². The Hall–Kier alpha value is -4.60. The molecule has 1 N–H and O–H groups in total. The molecule has 2 aromatic carbocycles. The second-order valence-electron chi connectivity index (χ2n) is 11.2. The summed E-state index contributed by atoms with van der Waals surface area (Å²) in [6.07, 6.45) is 7.08. The van der Waals surface area contributed by atoms with E-state index in [1.807, 2.05) is 42.5 Å². The van der Waals surface area contributed by atoms with Gasteiger partial charge in [-0.3, -0.25) is 14.6 Å². The molecule has 1 aliphatic heterocycles. The number of aromatic nitrogens is 1. The summed E-state index contributed by atoms with van der Waals surface area (Å²) in [6.45, 7) is 8.02. The maximum Gasteiger partial charge on any atom is 0.412 e. The van der Waals surface area contributed by atoms with Crippen molar-refractivity contribution in [3.63, 3.8) is 0 Å². The highest BCUT2D eigenvalue weighted by molar-refractivity contribution is 6.13. The lowest BCUT2D eigenvalue weighted by molar-refractivity contribution is -0.111. The van der Waals surface area contributed by atoms with E-state index in [0.717, 1.165) is 78.1 Å². The van der Waals surface area contributed by atoms with E-state index in [9.17, 15) is 14.7 Å². The summed E-state index contributed by atoms with van der Waals surface area (Å²) in [7, 11) is 3.79. The van der Waals surface area contributed by atoms with Gasteiger partial charge in [0.2, 0.25) is 0 Å². The predicted molar refractivity (Wildman–Crippen MR) is 167 cm³/mol. The second-order valence-corrected chi connectivity index (χ2v) is 11.2. The van der Waals surface area contributed by atoms with Crippen molar-refractivity contribution in [2.75, 3.05) is 46.9 Å². The number of fused-ring (bicyclic) bond motifs is 2. The number of nitrogens with zero attached hydrogens (tertiary/aromatic N) is 4. The Kier molecular flexibility index (Phi) is 7.92. The average Bonchev–Trinajstić information content (AvgIpc) is 3.58. The summed E-state index contributed by atoms with van der Waals surface area (Å²) in [4.78, 5) is 32.1. The topological polar surface area (TPSA) is 91.4 Å². The number of carbonyl (C=O) groups is 2. The van der Waals surface area contributed by atoms with Crippen LogP contribution >= 0.6 is 0 Å². The van der Waals surface area contributed by atoms with Crippen molar-refractivity contribution < 1.29 is 23.8 Å². The molecule has 1 aliphatic carbocycles. The molecule has 6 rings (SSSR count). The van der Waals surface area contributed by atoms with E-state index in [1.54, 1.807) is 25.5 Å². The van der Waals surface area contributed by atoms with Crippen LogP contribution in [-0.2, 0) is 17.9 Å². The van der Waals surface area contributed by atoms with Gasteiger partial charge in [-0.15, -0.1) is 0 Å². The number of carbonyl (C=O) groups excluding carboxylic acids is 1. The first-order chi connectivity index (χ1) is 20.8. The summed E-state index contributed by atoms with van der Waals surface area (Å²) in [5.74, 6) is 0.473. The molecule has 1 saturated heterocycles. The monoisotopic (exact) mass is 580 g/mol. The number of amides is 1. The number of furan rings is 1. The molecule has 0 unspecified atom stereocenters. The number of hydrogen-bond acceptors (Lipinski definition) is 6. The average molecular weight is 581 g/mol. The first-order valence-electron chi connectivity index (χ1n) is 14.5. The number of allylic oxidation sites excluding steroid dienone is 4. The number of ketones is 1. The molecule has 3 heterocycles. The molecule has 9 nitrogen and oxygen atoms in total. The maximum absolute atomic E-state index is 13.4. The quantitative estimate of drug-likeness (QED) is 0.274. The fourth-order valence-corrected chi connectivity index (χ4v) is 5.99. The van der Waals surface area contributed by atoms with Gasteiger partial charge in [-0.05, 0) is 68.1 Å². The Morgan fingerprint density at radius 1 is 1.09 bits per heavy atom. The lowest BCUT2D eigenvalue weighted by Crippen LogP contribution is -2.45. The number of piperazine rings is 1. The first-order valence-corrected chi connectivity index (χ1v) is 14.5. The Morgan fingerprint density at radius 3 is 2.67 bits per heavy atom. The van der Waals surface area contributed by atoms with Crippen LogP contribution < -0.4 is 4.74 Å². The van der Waals surface area contributed by atoms with E-state index in [4.69, 9.17) is 9.15 Å². The van der Waals surface area contributed by atoms with Crippen molar-refractivity contribution >= 4 is 39.8 Å². The van der Waals surface area contributed by atoms with E-state index >= 15 is 0 Å². The van der Waals surface area contributed by atoms with Gasteiger partial charge in [-0.1, -0.05) is 18.2 Å². The number of ether oxygens (including phenoxy) is 1. The van der Waals surface area contributed by atoms with Crippen molar-refractivity contribution in [3.8, 4) is 5.75 Å². The molecular weight excluding hydrogens is 544 g/mol. The van der Waals surface area contributed by atoms with Gasteiger partial charge in [0.15, 0.2) is 5.78 Å². The van der Waals surface area contributed by atoms with Crippen LogP contribution in [0.5, 0.6) is 5.75 Å². The number of rotatable bonds is 8. The maximum atomic E-state index is 13.4. The summed E-state index contributed by atoms with van der Waals surface area (Å²) in [5, 5.41) is 12.2. The Labute approximate surface area is 250 Å². The standard InChI is InChI=1S/C34H36N4O5/c1-23-27(28-20-26(42-3)9-10-31(28)37(23)17-16-36-14-12-35(2)13-15-36)21-29-30(5-4-6-32(29)39)38(34(40)41)22-24-7-8-25-11-18-43-33(25)19-24/h4-11,18-21H,12-17,22H2,1-3H3,(H,40,41)/b29-21-. The fraction of sp³-hybridized carbons (Fsp3) is 0.294. The van der Waals surface area contributed by atoms with Gasteiger partial charge in [0.05, 0.1) is 25.6 Å². The van der Waals surface area contributed by atoms with Crippen LogP contribution in [0.25, 0.3) is 27.9 Å². The number of likely N-dealkylation sites (N-methyl/N-ethyl adjacent to an activating group) is 1. The zero-order valence-corrected chi connectivity index (χ0v) is 24.7. The van der Waals surface area contributed by atoms with Gasteiger partial charge in [0, 0.05) is 72.4 Å². The van der Waals surface area contributed by atoms with Crippen molar-refractivity contribution in [1.29, 1.82) is 0 Å². The molecule has 2 aliphatic rings. The summed E-state index contributed by atoms with van der Waals surface area (Å²) in [5.41, 5.74) is 5.03. The van der Waals surface area contributed by atoms with Crippen LogP contribution in [0.1, 0.15) is 16.8 Å². The van der Waals surface area contributed by atoms with Gasteiger partial charge < -0.3 is 23.7 Å². The zero-order valence-electron chi connectivity index (χ0n) is 24.7. The molecule has 1 fully saturated rings. The molecule has 0 radical (unpaired) electrons. The van der Waals surface area contributed by atoms with E-state index in [-0.39, 0.29) is 12.3 Å². The predicted octanol–water partition coefficient (Wildman–Crippen LogP) is 5.54. The third kappa shape index (κ3) is 5.74. The van der Waals surface area contributed by atoms with Gasteiger partial charge in [0.1, 0.15) is 11.3 Å². The van der Waals surface area contributed by atoms with Gasteiger partial charge in [0.25, 0.3) is 0 Å². The van der Waals surface area contributed by atoms with Gasteiger partial charge >= 0.3 is 6.09 Å². The third-order valence-electron chi connectivity index (χ3n) is 8.53. The Morgan fingerprint density at radius 2 is 1.91 bits per heavy atom. The fourth-order valence-electron chi connectivity index (χ4n) is 5.99. The molecule has 4 aromatic rings. The highest BCUT2D eigenvalue weighted by Crippen LogP contribution is 2.34. The largest absolute Gasteiger partial charge is 0.497 e. The van der Waals surface area contributed by atoms with Crippen LogP contribution in [0.3, 0.4) is 0 Å². The van der Waals surface area contributed by atoms with Crippen LogP contribution in [0.15, 0.2) is 82.6 Å². The van der Waals surface area contributed by atoms with Crippen LogP contribution in [-0.4, -0.2) is 83.1 Å². The van der Waals surface area contributed by atoms with E-state index in [1.165, 1.54) is 11.0 Å². The van der Waals surface area contributed by atoms with Gasteiger partial charge in [-0.2, -0.15) is 0 Å². The van der Waals surface area contributed by atoms with Crippen LogP contribution in [0.4, 0.5) is 4.79 Å². The van der Waals surface area contributed by atoms with Crippen LogP contribution in [0, 0.1) is 6.92 Å². The summed E-state index contributed by atoms with van der Waals surface area (Å²) < 4.78 is 13.4. The van der Waals surface area contributed by atoms with Crippen molar-refractivity contribution in [2.45, 2.75) is 20.0 Å². The van der Waals surface area contributed by atoms with Crippen molar-refractivity contribution in [3.05, 3.63) is 95.0 Å². The molecule has 2 aromatic heterocycles. The number of methoxy groups -OCH3 is 1.